The van der Waals surface area contributed by atoms with E-state index in [1.165, 1.54) is 36.9 Å². The fourth-order valence-corrected chi connectivity index (χ4v) is 4.23. The van der Waals surface area contributed by atoms with E-state index < -0.39 is 17.5 Å². The molecule has 39 heavy (non-hydrogen) atoms. The number of nitrogens with zero attached hydrogens (tertiary/aromatic N) is 5. The molecule has 0 atom stereocenters. The molecule has 1 amide bonds. The molecule has 0 aliphatic carbocycles. The molecule has 3 N–H and O–H groups in total. The number of ether oxygens (including phenoxy) is 1. The summed E-state index contributed by atoms with van der Waals surface area (Å²) in [6.07, 6.45) is 0.411. The van der Waals surface area contributed by atoms with Crippen LogP contribution in [0.1, 0.15) is 5.56 Å². The highest BCUT2D eigenvalue weighted by molar-refractivity contribution is 6.08. The van der Waals surface area contributed by atoms with E-state index in [4.69, 9.17) is 10.5 Å². The van der Waals surface area contributed by atoms with Gasteiger partial charge in [-0.3, -0.25) is 4.79 Å². The van der Waals surface area contributed by atoms with Crippen molar-refractivity contribution >= 4 is 28.4 Å². The van der Waals surface area contributed by atoms with Gasteiger partial charge in [0.2, 0.25) is 5.91 Å². The molecule has 12 heteroatoms. The molecule has 5 aromatic rings. The molecular weight excluding hydrogens is 511 g/mol. The summed E-state index contributed by atoms with van der Waals surface area (Å²) >= 11 is 0. The van der Waals surface area contributed by atoms with Crippen molar-refractivity contribution in [3.63, 3.8) is 0 Å². The zero-order valence-corrected chi connectivity index (χ0v) is 20.4. The first-order valence-corrected chi connectivity index (χ1v) is 11.5. The summed E-state index contributed by atoms with van der Waals surface area (Å²) in [6, 6.07) is 11.8. The standard InChI is InChI=1S/C27H20F3N7O2/c1-3-20(38)36-17-8-5-15(6-9-17)23-21(22-24(31)34-14-35-25(22)37(23)2)16-7-10-19(18(13-16)27(28,29)30)39-26-32-11-4-12-33-26/h3-14H,1H2,2H3,(H,36,38)(H2,31,34,35). The predicted octanol–water partition coefficient (Wildman–Crippen LogP) is 5.61. The Morgan fingerprint density at radius 3 is 2.41 bits per heavy atom. The molecule has 0 aliphatic heterocycles. The lowest BCUT2D eigenvalue weighted by atomic mass is 9.96. The molecule has 3 aromatic heterocycles. The summed E-state index contributed by atoms with van der Waals surface area (Å²) in [4.78, 5) is 27.8. The first kappa shape index (κ1) is 25.4. The number of aromatic nitrogens is 5. The number of benzene rings is 2. The van der Waals surface area contributed by atoms with Crippen LogP contribution in [0.25, 0.3) is 33.4 Å². The maximum atomic E-state index is 14.2. The van der Waals surface area contributed by atoms with Gasteiger partial charge < -0.3 is 20.4 Å². The Labute approximate surface area is 219 Å². The molecule has 0 radical (unpaired) electrons. The number of carbonyl (C=O) groups excluding carboxylic acids is 1. The van der Waals surface area contributed by atoms with Gasteiger partial charge in [-0.1, -0.05) is 24.8 Å². The van der Waals surface area contributed by atoms with E-state index in [1.807, 2.05) is 0 Å². The third kappa shape index (κ3) is 4.87. The van der Waals surface area contributed by atoms with Gasteiger partial charge in [-0.15, -0.1) is 0 Å². The van der Waals surface area contributed by atoms with Crippen LogP contribution in [-0.2, 0) is 18.0 Å². The first-order valence-electron chi connectivity index (χ1n) is 11.5. The van der Waals surface area contributed by atoms with E-state index in [2.05, 4.69) is 31.8 Å². The number of anilines is 2. The molecule has 3 heterocycles. The highest BCUT2D eigenvalue weighted by Gasteiger charge is 2.36. The highest BCUT2D eigenvalue weighted by Crippen LogP contribution is 2.45. The SMILES string of the molecule is C=CC(=O)Nc1ccc(-c2c(-c3ccc(Oc4ncccn4)c(C(F)(F)F)c3)c3c(N)ncnc3n2C)cc1. The molecule has 0 bridgehead atoms. The molecular formula is C27H20F3N7O2. The normalized spacial score (nSPS) is 11.4. The minimum atomic E-state index is -4.75. The molecule has 2 aromatic carbocycles. The largest absolute Gasteiger partial charge is 0.424 e. The van der Waals surface area contributed by atoms with Crippen LogP contribution < -0.4 is 15.8 Å². The van der Waals surface area contributed by atoms with Gasteiger partial charge in [0.15, 0.2) is 0 Å². The predicted molar refractivity (Wildman–Crippen MR) is 140 cm³/mol. The van der Waals surface area contributed by atoms with E-state index in [-0.39, 0.29) is 23.3 Å². The number of fused-ring (bicyclic) bond motifs is 1. The number of rotatable bonds is 6. The smallest absolute Gasteiger partial charge is 0.420 e. The zero-order chi connectivity index (χ0) is 27.7. The van der Waals surface area contributed by atoms with Crippen LogP contribution in [0.15, 0.2) is 79.9 Å². The molecule has 0 unspecified atom stereocenters. The van der Waals surface area contributed by atoms with Crippen LogP contribution in [0.4, 0.5) is 24.7 Å². The number of carbonyl (C=O) groups is 1. The number of nitrogens with two attached hydrogens (primary N) is 1. The van der Waals surface area contributed by atoms with Crippen molar-refractivity contribution in [1.82, 2.24) is 24.5 Å². The Hall–Kier alpha value is -5.26. The van der Waals surface area contributed by atoms with E-state index in [0.717, 1.165) is 12.1 Å². The monoisotopic (exact) mass is 531 g/mol. The number of alkyl halides is 3. The number of hydrogen-bond acceptors (Lipinski definition) is 7. The number of halogens is 3. The molecule has 0 aliphatic rings. The van der Waals surface area contributed by atoms with Gasteiger partial charge in [0.1, 0.15) is 23.5 Å². The van der Waals surface area contributed by atoms with Crippen molar-refractivity contribution in [3.05, 3.63) is 85.5 Å². The summed E-state index contributed by atoms with van der Waals surface area (Å²) in [6.45, 7) is 3.43. The maximum Gasteiger partial charge on any atom is 0.420 e. The van der Waals surface area contributed by atoms with Gasteiger partial charge in [0.25, 0.3) is 0 Å². The van der Waals surface area contributed by atoms with E-state index >= 15 is 0 Å². The number of amides is 1. The quantitative estimate of drug-likeness (QED) is 0.273. The number of nitrogen functional groups attached to an aromatic ring is 1. The Morgan fingerprint density at radius 2 is 1.74 bits per heavy atom. The zero-order valence-electron chi connectivity index (χ0n) is 20.4. The minimum Gasteiger partial charge on any atom is -0.424 e. The van der Waals surface area contributed by atoms with Crippen molar-refractivity contribution in [2.75, 3.05) is 11.1 Å². The van der Waals surface area contributed by atoms with Crippen LogP contribution in [-0.4, -0.2) is 30.4 Å². The summed E-state index contributed by atoms with van der Waals surface area (Å²) in [5.74, 6) is -0.719. The molecule has 0 fully saturated rings. The van der Waals surface area contributed by atoms with Gasteiger partial charge in [-0.25, -0.2) is 19.9 Å². The van der Waals surface area contributed by atoms with Crippen LogP contribution in [0.3, 0.4) is 0 Å². The molecule has 196 valence electrons. The van der Waals surface area contributed by atoms with Crippen molar-refractivity contribution in [1.29, 1.82) is 0 Å². The Bertz CT molecular complexity index is 1700. The summed E-state index contributed by atoms with van der Waals surface area (Å²) in [5, 5.41) is 3.06. The summed E-state index contributed by atoms with van der Waals surface area (Å²) < 4.78 is 49.8. The second-order valence-corrected chi connectivity index (χ2v) is 8.35. The van der Waals surface area contributed by atoms with E-state index in [1.54, 1.807) is 35.9 Å². The maximum absolute atomic E-state index is 14.2. The number of hydrogen-bond donors (Lipinski definition) is 2. The molecule has 9 nitrogen and oxygen atoms in total. The minimum absolute atomic E-state index is 0.110. The van der Waals surface area contributed by atoms with Crippen LogP contribution in [0.5, 0.6) is 11.8 Å². The fraction of sp³-hybridized carbons (Fsp3) is 0.0741. The van der Waals surface area contributed by atoms with Crippen molar-refractivity contribution in [2.24, 2.45) is 7.05 Å². The second-order valence-electron chi connectivity index (χ2n) is 8.35. The lowest BCUT2D eigenvalue weighted by Crippen LogP contribution is -2.08. The second kappa shape index (κ2) is 9.89. The van der Waals surface area contributed by atoms with Crippen molar-refractivity contribution in [3.8, 4) is 34.1 Å². The topological polar surface area (TPSA) is 121 Å². The summed E-state index contributed by atoms with van der Waals surface area (Å²) in [7, 11) is 1.73. The van der Waals surface area contributed by atoms with E-state index in [9.17, 15) is 18.0 Å². The van der Waals surface area contributed by atoms with Crippen molar-refractivity contribution < 1.29 is 22.7 Å². The van der Waals surface area contributed by atoms with Gasteiger partial charge in [0.05, 0.1) is 16.6 Å². The molecule has 0 saturated heterocycles. The highest BCUT2D eigenvalue weighted by atomic mass is 19.4. The van der Waals surface area contributed by atoms with E-state index in [0.29, 0.717) is 33.5 Å². The fourth-order valence-electron chi connectivity index (χ4n) is 4.23. The third-order valence-corrected chi connectivity index (χ3v) is 5.92. The van der Waals surface area contributed by atoms with Gasteiger partial charge in [0, 0.05) is 30.7 Å². The Balaban J connectivity index is 1.71. The van der Waals surface area contributed by atoms with Crippen molar-refractivity contribution in [2.45, 2.75) is 6.18 Å². The molecule has 0 spiro atoms. The average Bonchev–Trinajstić information content (AvgIpc) is 3.22. The molecule has 5 rings (SSSR count). The first-order chi connectivity index (χ1) is 18.7. The summed E-state index contributed by atoms with van der Waals surface area (Å²) in [5.41, 5.74) is 7.97. The molecule has 0 saturated carbocycles. The average molecular weight is 531 g/mol. The Morgan fingerprint density at radius 1 is 1.05 bits per heavy atom. The van der Waals surface area contributed by atoms with Gasteiger partial charge in [-0.2, -0.15) is 13.2 Å². The lowest BCUT2D eigenvalue weighted by Gasteiger charge is -2.15. The van der Waals surface area contributed by atoms with Crippen LogP contribution in [0, 0.1) is 0 Å². The van der Waals surface area contributed by atoms with Gasteiger partial charge in [-0.05, 0) is 47.5 Å². The van der Waals surface area contributed by atoms with Gasteiger partial charge >= 0.3 is 12.2 Å². The number of nitrogens with one attached hydrogen (secondary N) is 1. The lowest BCUT2D eigenvalue weighted by molar-refractivity contribution is -0.138. The third-order valence-electron chi connectivity index (χ3n) is 5.92. The van der Waals surface area contributed by atoms with Crippen LogP contribution in [0.2, 0.25) is 0 Å². The Kier molecular flexibility index (Phi) is 6.44. The number of aryl methyl sites for hydroxylation is 1. The van der Waals surface area contributed by atoms with Crippen LogP contribution >= 0.6 is 0 Å².